The largest absolute Gasteiger partial charge is 0.477 e. The van der Waals surface area contributed by atoms with Crippen LogP contribution in [0, 0.1) is 11.3 Å². The molecule has 2 aromatic rings. The van der Waals surface area contributed by atoms with Gasteiger partial charge in [0, 0.05) is 31.2 Å². The van der Waals surface area contributed by atoms with Crippen molar-refractivity contribution in [2.75, 3.05) is 24.3 Å². The van der Waals surface area contributed by atoms with Gasteiger partial charge in [-0.25, -0.2) is 9.78 Å². The van der Waals surface area contributed by atoms with Gasteiger partial charge in [0.2, 0.25) is 0 Å². The lowest BCUT2D eigenvalue weighted by Gasteiger charge is -2.18. The molecule has 132 valence electrons. The summed E-state index contributed by atoms with van der Waals surface area (Å²) in [5.74, 6) is -0.988. The Labute approximate surface area is 152 Å². The molecule has 0 spiro atoms. The molecule has 0 saturated carbocycles. The Balaban J connectivity index is 2.55. The molecule has 0 atom stereocenters. The summed E-state index contributed by atoms with van der Waals surface area (Å²) in [6.45, 7) is 3.75. The highest BCUT2D eigenvalue weighted by atomic mass is 35.5. The lowest BCUT2D eigenvalue weighted by molar-refractivity contribution is 0.0690. The Morgan fingerprint density at radius 1 is 1.32 bits per heavy atom. The molecule has 0 aliphatic heterocycles. The molecule has 1 heterocycles. The summed E-state index contributed by atoms with van der Waals surface area (Å²) in [7, 11) is 3.86. The first-order valence-corrected chi connectivity index (χ1v) is 8.15. The Morgan fingerprint density at radius 3 is 2.56 bits per heavy atom. The average molecular weight is 361 g/mol. The normalized spacial score (nSPS) is 10.6. The van der Waals surface area contributed by atoms with Gasteiger partial charge in [0.05, 0.1) is 10.6 Å². The molecule has 0 radical (unpaired) electrons. The maximum Gasteiger partial charge on any atom is 0.354 e. The van der Waals surface area contributed by atoms with Crippen LogP contribution >= 0.6 is 11.6 Å². The molecule has 0 amide bonds. The van der Waals surface area contributed by atoms with E-state index in [1.54, 1.807) is 0 Å². The van der Waals surface area contributed by atoms with Crippen molar-refractivity contribution in [2.24, 2.45) is 5.92 Å². The van der Waals surface area contributed by atoms with Crippen molar-refractivity contribution in [3.63, 3.8) is 0 Å². The van der Waals surface area contributed by atoms with Gasteiger partial charge in [-0.15, -0.1) is 0 Å². The number of nitrogens with one attached hydrogen (secondary N) is 2. The van der Waals surface area contributed by atoms with E-state index in [2.05, 4.69) is 10.3 Å². The van der Waals surface area contributed by atoms with Crippen LogP contribution in [-0.4, -0.2) is 35.9 Å². The van der Waals surface area contributed by atoms with Crippen LogP contribution in [0.3, 0.4) is 0 Å². The molecule has 3 N–H and O–H groups in total. The Kier molecular flexibility index (Phi) is 5.64. The molecule has 1 aromatic carbocycles. The molecule has 0 aliphatic carbocycles. The van der Waals surface area contributed by atoms with Crippen LogP contribution in [0.15, 0.2) is 30.3 Å². The summed E-state index contributed by atoms with van der Waals surface area (Å²) < 4.78 is 0. The van der Waals surface area contributed by atoms with E-state index in [1.165, 1.54) is 6.07 Å². The fourth-order valence-corrected chi connectivity index (χ4v) is 2.55. The smallest absolute Gasteiger partial charge is 0.354 e. The molecule has 6 nitrogen and oxygen atoms in total. The fourth-order valence-electron chi connectivity index (χ4n) is 2.26. The first-order chi connectivity index (χ1) is 11.7. The highest BCUT2D eigenvalue weighted by Crippen LogP contribution is 2.30. The fraction of sp³-hybridized carbons (Fsp3) is 0.278. The van der Waals surface area contributed by atoms with Crippen LogP contribution in [0.2, 0.25) is 5.02 Å². The third-order valence-electron chi connectivity index (χ3n) is 3.66. The molecular formula is C18H21ClN4O2. The van der Waals surface area contributed by atoms with Crippen molar-refractivity contribution in [2.45, 2.75) is 13.8 Å². The number of hydrogen-bond acceptors (Lipinski definition) is 5. The van der Waals surface area contributed by atoms with Crippen molar-refractivity contribution >= 4 is 40.5 Å². The topological polar surface area (TPSA) is 89.3 Å². The lowest BCUT2D eigenvalue weighted by Crippen LogP contribution is -2.15. The summed E-state index contributed by atoms with van der Waals surface area (Å²) in [5, 5.41) is 20.9. The Morgan fingerprint density at radius 2 is 2.00 bits per heavy atom. The van der Waals surface area contributed by atoms with Gasteiger partial charge in [0.1, 0.15) is 5.82 Å². The Bertz CT molecular complexity index is 819. The third kappa shape index (κ3) is 4.28. The van der Waals surface area contributed by atoms with Crippen LogP contribution in [0.25, 0.3) is 0 Å². The average Bonchev–Trinajstić information content (AvgIpc) is 2.54. The number of halogens is 1. The zero-order valence-electron chi connectivity index (χ0n) is 14.6. The zero-order valence-corrected chi connectivity index (χ0v) is 15.3. The van der Waals surface area contributed by atoms with Crippen molar-refractivity contribution in [1.29, 1.82) is 5.41 Å². The number of nitrogens with zero attached hydrogens (tertiary/aromatic N) is 2. The molecule has 25 heavy (non-hydrogen) atoms. The van der Waals surface area contributed by atoms with E-state index in [4.69, 9.17) is 17.0 Å². The summed E-state index contributed by atoms with van der Waals surface area (Å²) in [4.78, 5) is 17.4. The van der Waals surface area contributed by atoms with Gasteiger partial charge in [0.25, 0.3) is 0 Å². The summed E-state index contributed by atoms with van der Waals surface area (Å²) in [5.41, 5.74) is 2.25. The maximum absolute atomic E-state index is 11.3. The predicted molar refractivity (Wildman–Crippen MR) is 102 cm³/mol. The number of pyridine rings is 1. The van der Waals surface area contributed by atoms with Crippen LogP contribution in [0.1, 0.15) is 29.9 Å². The highest BCUT2D eigenvalue weighted by molar-refractivity contribution is 6.35. The molecule has 0 unspecified atom stereocenters. The van der Waals surface area contributed by atoms with Gasteiger partial charge in [-0.3, -0.25) is 0 Å². The summed E-state index contributed by atoms with van der Waals surface area (Å²) >= 11 is 6.27. The molecule has 0 bridgehead atoms. The number of aromatic nitrogens is 1. The van der Waals surface area contributed by atoms with Gasteiger partial charge in [-0.1, -0.05) is 31.5 Å². The second-order valence-corrected chi connectivity index (χ2v) is 6.56. The van der Waals surface area contributed by atoms with E-state index in [0.29, 0.717) is 11.3 Å². The molecular weight excluding hydrogens is 340 g/mol. The second-order valence-electron chi connectivity index (χ2n) is 6.16. The minimum absolute atomic E-state index is 0.0800. The number of anilines is 3. The number of benzene rings is 1. The van der Waals surface area contributed by atoms with E-state index < -0.39 is 5.97 Å². The third-order valence-corrected chi connectivity index (χ3v) is 3.96. The quantitative estimate of drug-likeness (QED) is 0.669. The van der Waals surface area contributed by atoms with Gasteiger partial charge in [0.15, 0.2) is 5.69 Å². The first kappa shape index (κ1) is 18.7. The van der Waals surface area contributed by atoms with Gasteiger partial charge >= 0.3 is 5.97 Å². The second kappa shape index (κ2) is 7.53. The van der Waals surface area contributed by atoms with E-state index in [1.807, 2.05) is 57.1 Å². The number of hydrogen-bond donors (Lipinski definition) is 3. The minimum Gasteiger partial charge on any atom is -0.477 e. The summed E-state index contributed by atoms with van der Waals surface area (Å²) in [6, 6.07) is 8.87. The first-order valence-electron chi connectivity index (χ1n) is 7.77. The highest BCUT2D eigenvalue weighted by Gasteiger charge is 2.20. The zero-order chi connectivity index (χ0) is 18.7. The lowest BCUT2D eigenvalue weighted by atomic mass is 10.00. The van der Waals surface area contributed by atoms with Crippen molar-refractivity contribution < 1.29 is 9.90 Å². The van der Waals surface area contributed by atoms with E-state index in [0.717, 1.165) is 11.4 Å². The maximum atomic E-state index is 11.3. The van der Waals surface area contributed by atoms with Crippen LogP contribution in [0.4, 0.5) is 17.2 Å². The van der Waals surface area contributed by atoms with E-state index in [-0.39, 0.29) is 22.5 Å². The SMILES string of the molecule is CC(C)C(=N)c1c(Cl)cc(C(=O)O)nc1Nc1cccc(N(C)C)c1. The molecule has 2 rings (SSSR count). The molecule has 7 heteroatoms. The number of carboxylic acids is 1. The van der Waals surface area contributed by atoms with Crippen molar-refractivity contribution in [3.05, 3.63) is 46.6 Å². The standard InChI is InChI=1S/C18H21ClN4O2/c1-10(2)16(20)15-13(19)9-14(18(24)25)22-17(15)21-11-6-5-7-12(8-11)23(3)4/h5-10,20H,1-4H3,(H,21,22)(H,24,25). The molecule has 0 fully saturated rings. The Hall–Kier alpha value is -2.60. The van der Waals surface area contributed by atoms with E-state index >= 15 is 0 Å². The van der Waals surface area contributed by atoms with Gasteiger partial charge < -0.3 is 20.7 Å². The van der Waals surface area contributed by atoms with Crippen LogP contribution < -0.4 is 10.2 Å². The van der Waals surface area contributed by atoms with Crippen molar-refractivity contribution in [1.82, 2.24) is 4.98 Å². The molecule has 1 aromatic heterocycles. The van der Waals surface area contributed by atoms with Gasteiger partial charge in [-0.2, -0.15) is 0 Å². The van der Waals surface area contributed by atoms with E-state index in [9.17, 15) is 9.90 Å². The number of aromatic carboxylic acids is 1. The van der Waals surface area contributed by atoms with Crippen LogP contribution in [0.5, 0.6) is 0 Å². The molecule has 0 saturated heterocycles. The monoisotopic (exact) mass is 360 g/mol. The molecule has 0 aliphatic rings. The minimum atomic E-state index is -1.17. The number of carboxylic acid groups (broad SMARTS) is 1. The summed E-state index contributed by atoms with van der Waals surface area (Å²) in [6.07, 6.45) is 0. The van der Waals surface area contributed by atoms with Crippen LogP contribution in [-0.2, 0) is 0 Å². The number of rotatable bonds is 6. The van der Waals surface area contributed by atoms with Crippen molar-refractivity contribution in [3.8, 4) is 0 Å². The van der Waals surface area contributed by atoms with Gasteiger partial charge in [-0.05, 0) is 30.2 Å². The predicted octanol–water partition coefficient (Wildman–Crippen LogP) is 4.27. The number of carbonyl (C=O) groups is 1.